The molecule has 2 atom stereocenters. The van der Waals surface area contributed by atoms with E-state index in [0.717, 1.165) is 23.7 Å². The third kappa shape index (κ3) is 2.86. The van der Waals surface area contributed by atoms with E-state index in [1.807, 2.05) is 0 Å². The third-order valence-corrected chi connectivity index (χ3v) is 3.96. The van der Waals surface area contributed by atoms with E-state index in [9.17, 15) is 9.18 Å². The zero-order valence-corrected chi connectivity index (χ0v) is 10.9. The Morgan fingerprint density at radius 3 is 2.94 bits per heavy atom. The summed E-state index contributed by atoms with van der Waals surface area (Å²) >= 11 is 3.31. The fourth-order valence-electron chi connectivity index (χ4n) is 2.59. The number of benzene rings is 1. The molecule has 0 heterocycles. The summed E-state index contributed by atoms with van der Waals surface area (Å²) < 4.78 is 14.4. The summed E-state index contributed by atoms with van der Waals surface area (Å²) in [6.45, 7) is 0. The first-order chi connectivity index (χ1) is 8.08. The number of halogens is 2. The summed E-state index contributed by atoms with van der Waals surface area (Å²) in [7, 11) is 0. The minimum Gasteiger partial charge on any atom is -0.481 e. The van der Waals surface area contributed by atoms with Crippen molar-refractivity contribution in [3.63, 3.8) is 0 Å². The van der Waals surface area contributed by atoms with Gasteiger partial charge in [-0.1, -0.05) is 22.4 Å². The molecule has 2 nitrogen and oxygen atoms in total. The normalized spacial score (nSPS) is 23.9. The van der Waals surface area contributed by atoms with E-state index in [1.54, 1.807) is 12.1 Å². The van der Waals surface area contributed by atoms with E-state index >= 15 is 0 Å². The summed E-state index contributed by atoms with van der Waals surface area (Å²) in [5.41, 5.74) is 0.609. The zero-order valence-electron chi connectivity index (χ0n) is 9.33. The molecule has 0 bridgehead atoms. The van der Waals surface area contributed by atoms with Crippen LogP contribution in [0, 0.1) is 17.7 Å². The van der Waals surface area contributed by atoms with Crippen LogP contribution in [0.2, 0.25) is 0 Å². The number of carbonyl (C=O) groups is 1. The minimum atomic E-state index is -0.747. The van der Waals surface area contributed by atoms with Crippen LogP contribution in [0.5, 0.6) is 0 Å². The molecule has 92 valence electrons. The van der Waals surface area contributed by atoms with Crippen LogP contribution in [0.1, 0.15) is 24.8 Å². The Balaban J connectivity index is 2.15. The second-order valence-electron chi connectivity index (χ2n) is 4.58. The van der Waals surface area contributed by atoms with Gasteiger partial charge in [0.15, 0.2) is 0 Å². The molecule has 0 aliphatic heterocycles. The number of hydrogen-bond acceptors (Lipinski definition) is 1. The molecule has 0 radical (unpaired) electrons. The molecule has 1 saturated carbocycles. The molecule has 17 heavy (non-hydrogen) atoms. The topological polar surface area (TPSA) is 37.3 Å². The van der Waals surface area contributed by atoms with Crippen LogP contribution in [-0.2, 0) is 11.2 Å². The Kier molecular flexibility index (Phi) is 3.82. The van der Waals surface area contributed by atoms with Gasteiger partial charge >= 0.3 is 5.97 Å². The van der Waals surface area contributed by atoms with Gasteiger partial charge in [0.1, 0.15) is 5.82 Å². The summed E-state index contributed by atoms with van der Waals surface area (Å²) in [5.74, 6) is -1.24. The molecule has 1 aliphatic rings. The Morgan fingerprint density at radius 2 is 2.24 bits per heavy atom. The van der Waals surface area contributed by atoms with Crippen molar-refractivity contribution in [2.24, 2.45) is 11.8 Å². The van der Waals surface area contributed by atoms with Crippen LogP contribution in [0.4, 0.5) is 4.39 Å². The van der Waals surface area contributed by atoms with E-state index in [-0.39, 0.29) is 17.7 Å². The van der Waals surface area contributed by atoms with Crippen LogP contribution < -0.4 is 0 Å². The first kappa shape index (κ1) is 12.6. The standard InChI is InChI=1S/C13H14BrFO2/c14-10-4-5-12(15)9(7-10)6-8-2-1-3-11(8)13(16)17/h4-5,7-8,11H,1-3,6H2,(H,16,17). The average Bonchev–Trinajstić information content (AvgIpc) is 2.71. The molecule has 4 heteroatoms. The van der Waals surface area contributed by atoms with E-state index in [0.29, 0.717) is 12.0 Å². The SMILES string of the molecule is O=C(O)C1CCCC1Cc1cc(Br)ccc1F. The van der Waals surface area contributed by atoms with Gasteiger partial charge in [0.2, 0.25) is 0 Å². The third-order valence-electron chi connectivity index (χ3n) is 3.47. The lowest BCUT2D eigenvalue weighted by molar-refractivity contribution is -0.142. The van der Waals surface area contributed by atoms with Crippen LogP contribution in [0.15, 0.2) is 22.7 Å². The lowest BCUT2D eigenvalue weighted by Gasteiger charge is -2.16. The van der Waals surface area contributed by atoms with Crippen LogP contribution in [-0.4, -0.2) is 11.1 Å². The van der Waals surface area contributed by atoms with Gasteiger partial charge in [-0.3, -0.25) is 4.79 Å². The molecule has 1 aromatic rings. The maximum Gasteiger partial charge on any atom is 0.306 e. The van der Waals surface area contributed by atoms with Crippen molar-refractivity contribution in [1.82, 2.24) is 0 Å². The number of rotatable bonds is 3. The van der Waals surface area contributed by atoms with Crippen molar-refractivity contribution >= 4 is 21.9 Å². The smallest absolute Gasteiger partial charge is 0.306 e. The predicted molar refractivity (Wildman–Crippen MR) is 66.3 cm³/mol. The van der Waals surface area contributed by atoms with Gasteiger partial charge in [-0.05, 0) is 48.9 Å². The van der Waals surface area contributed by atoms with Crippen molar-refractivity contribution in [2.75, 3.05) is 0 Å². The fourth-order valence-corrected chi connectivity index (χ4v) is 3.00. The monoisotopic (exact) mass is 300 g/mol. The van der Waals surface area contributed by atoms with Crippen LogP contribution >= 0.6 is 15.9 Å². The van der Waals surface area contributed by atoms with Crippen LogP contribution in [0.3, 0.4) is 0 Å². The number of hydrogen-bond donors (Lipinski definition) is 1. The first-order valence-electron chi connectivity index (χ1n) is 5.74. The largest absolute Gasteiger partial charge is 0.481 e. The molecule has 0 saturated heterocycles. The van der Waals surface area contributed by atoms with Gasteiger partial charge in [0.05, 0.1) is 5.92 Å². The number of carboxylic acids is 1. The molecule has 1 aliphatic carbocycles. The Bertz CT molecular complexity index is 433. The van der Waals surface area contributed by atoms with Gasteiger partial charge in [-0.2, -0.15) is 0 Å². The molecular formula is C13H14BrFO2. The van der Waals surface area contributed by atoms with Crippen molar-refractivity contribution in [2.45, 2.75) is 25.7 Å². The van der Waals surface area contributed by atoms with Crippen LogP contribution in [0.25, 0.3) is 0 Å². The molecule has 1 fully saturated rings. The minimum absolute atomic E-state index is 0.0660. The van der Waals surface area contributed by atoms with E-state index in [4.69, 9.17) is 5.11 Å². The second kappa shape index (κ2) is 5.17. The highest BCUT2D eigenvalue weighted by Crippen LogP contribution is 2.35. The summed E-state index contributed by atoms with van der Waals surface area (Å²) in [5, 5.41) is 9.08. The maximum atomic E-state index is 13.6. The molecule has 2 unspecified atom stereocenters. The highest BCUT2D eigenvalue weighted by molar-refractivity contribution is 9.10. The molecule has 1 N–H and O–H groups in total. The zero-order chi connectivity index (χ0) is 12.4. The maximum absolute atomic E-state index is 13.6. The molecule has 0 amide bonds. The van der Waals surface area contributed by atoms with E-state index in [1.165, 1.54) is 6.07 Å². The lowest BCUT2D eigenvalue weighted by Crippen LogP contribution is -2.20. The average molecular weight is 301 g/mol. The van der Waals surface area contributed by atoms with Crippen molar-refractivity contribution in [3.05, 3.63) is 34.1 Å². The van der Waals surface area contributed by atoms with E-state index < -0.39 is 5.97 Å². The molecule has 0 aromatic heterocycles. The number of carboxylic acid groups (broad SMARTS) is 1. The van der Waals surface area contributed by atoms with Crippen molar-refractivity contribution < 1.29 is 14.3 Å². The first-order valence-corrected chi connectivity index (χ1v) is 6.54. The molecular weight excluding hydrogens is 287 g/mol. The van der Waals surface area contributed by atoms with Gasteiger partial charge in [0.25, 0.3) is 0 Å². The quantitative estimate of drug-likeness (QED) is 0.925. The highest BCUT2D eigenvalue weighted by atomic mass is 79.9. The van der Waals surface area contributed by atoms with Crippen molar-refractivity contribution in [1.29, 1.82) is 0 Å². The van der Waals surface area contributed by atoms with Crippen molar-refractivity contribution in [3.8, 4) is 0 Å². The van der Waals surface area contributed by atoms with Gasteiger partial charge in [-0.15, -0.1) is 0 Å². The second-order valence-corrected chi connectivity index (χ2v) is 5.49. The van der Waals surface area contributed by atoms with Gasteiger partial charge < -0.3 is 5.11 Å². The molecule has 0 spiro atoms. The highest BCUT2D eigenvalue weighted by Gasteiger charge is 2.33. The lowest BCUT2D eigenvalue weighted by atomic mass is 9.89. The summed E-state index contributed by atoms with van der Waals surface area (Å²) in [6.07, 6.45) is 3.04. The molecule has 1 aromatic carbocycles. The summed E-state index contributed by atoms with van der Waals surface area (Å²) in [6, 6.07) is 4.82. The van der Waals surface area contributed by atoms with E-state index in [2.05, 4.69) is 15.9 Å². The van der Waals surface area contributed by atoms with Gasteiger partial charge in [-0.25, -0.2) is 4.39 Å². The Hall–Kier alpha value is -0.900. The Labute approximate surface area is 108 Å². The van der Waals surface area contributed by atoms with Gasteiger partial charge in [0, 0.05) is 4.47 Å². The fraction of sp³-hybridized carbons (Fsp3) is 0.462. The number of aliphatic carboxylic acids is 1. The molecule has 2 rings (SSSR count). The predicted octanol–water partition coefficient (Wildman–Crippen LogP) is 3.63. The summed E-state index contributed by atoms with van der Waals surface area (Å²) in [4.78, 5) is 11.1. The Morgan fingerprint density at radius 1 is 1.47 bits per heavy atom.